The van der Waals surface area contributed by atoms with Gasteiger partial charge in [0, 0.05) is 29.7 Å². The number of benzene rings is 1. The van der Waals surface area contributed by atoms with Gasteiger partial charge in [0.25, 0.3) is 5.91 Å². The van der Waals surface area contributed by atoms with Gasteiger partial charge in [0.1, 0.15) is 0 Å². The molecule has 1 unspecified atom stereocenters. The first-order valence-corrected chi connectivity index (χ1v) is 12.6. The van der Waals surface area contributed by atoms with Crippen LogP contribution in [0.5, 0.6) is 0 Å². The van der Waals surface area contributed by atoms with Crippen LogP contribution in [0.4, 0.5) is 10.2 Å². The zero-order valence-electron chi connectivity index (χ0n) is 19.9. The first kappa shape index (κ1) is 23.6. The van der Waals surface area contributed by atoms with Crippen molar-refractivity contribution in [2.24, 2.45) is 11.8 Å². The monoisotopic (exact) mass is 519 g/mol. The van der Waals surface area contributed by atoms with Crippen molar-refractivity contribution >= 4 is 29.2 Å². The van der Waals surface area contributed by atoms with Crippen LogP contribution >= 0.6 is 11.6 Å². The predicted octanol–water partition coefficient (Wildman–Crippen LogP) is 3.61. The Morgan fingerprint density at radius 3 is 2.81 bits per heavy atom. The minimum absolute atomic E-state index is 0.0252. The van der Waals surface area contributed by atoms with Crippen molar-refractivity contribution in [3.8, 4) is 6.07 Å². The molecule has 2 aliphatic carbocycles. The van der Waals surface area contributed by atoms with Gasteiger partial charge in [-0.2, -0.15) is 5.26 Å². The van der Waals surface area contributed by atoms with Crippen LogP contribution in [0.15, 0.2) is 36.7 Å². The molecule has 1 N–H and O–H groups in total. The van der Waals surface area contributed by atoms with E-state index < -0.39 is 11.9 Å². The summed E-state index contributed by atoms with van der Waals surface area (Å²) in [7, 11) is 0. The fraction of sp³-hybridized carbons (Fsp3) is 0.385. The Morgan fingerprint density at radius 1 is 1.30 bits per heavy atom. The van der Waals surface area contributed by atoms with Gasteiger partial charge in [0.05, 0.1) is 23.9 Å². The molecule has 9 nitrogen and oxygen atoms in total. The number of hydrogen-bond donors (Lipinski definition) is 1. The SMILES string of the molecule is CC(c1cnc(N2C[C@H]3C[C@H]3C2=O)c(F)c1)n1cc(C(=O)NC2CC(c3cc(Cl)ccc3C#N)C2)nn1. The molecule has 1 aliphatic heterocycles. The lowest BCUT2D eigenvalue weighted by Crippen LogP contribution is -2.43. The topological polar surface area (TPSA) is 117 Å². The lowest BCUT2D eigenvalue weighted by Gasteiger charge is -2.36. The number of piperidine rings is 1. The molecule has 3 aliphatic rings. The lowest BCUT2D eigenvalue weighted by atomic mass is 9.74. The van der Waals surface area contributed by atoms with Gasteiger partial charge in [0.2, 0.25) is 5.91 Å². The zero-order valence-corrected chi connectivity index (χ0v) is 20.7. The molecule has 11 heteroatoms. The molecule has 3 fully saturated rings. The van der Waals surface area contributed by atoms with E-state index >= 15 is 0 Å². The number of nitrogens with one attached hydrogen (secondary N) is 1. The summed E-state index contributed by atoms with van der Waals surface area (Å²) >= 11 is 6.09. The van der Waals surface area contributed by atoms with E-state index in [2.05, 4.69) is 26.7 Å². The molecule has 6 rings (SSSR count). The third-order valence-corrected chi connectivity index (χ3v) is 7.93. The quantitative estimate of drug-likeness (QED) is 0.532. The van der Waals surface area contributed by atoms with E-state index in [9.17, 15) is 19.2 Å². The highest BCUT2D eigenvalue weighted by atomic mass is 35.5. The summed E-state index contributed by atoms with van der Waals surface area (Å²) in [5.74, 6) is -0.399. The van der Waals surface area contributed by atoms with Crippen LogP contribution < -0.4 is 10.2 Å². The molecule has 2 saturated carbocycles. The number of nitriles is 1. The van der Waals surface area contributed by atoms with Gasteiger partial charge < -0.3 is 5.32 Å². The van der Waals surface area contributed by atoms with E-state index in [0.29, 0.717) is 41.5 Å². The maximum absolute atomic E-state index is 14.8. The summed E-state index contributed by atoms with van der Waals surface area (Å²) in [6.45, 7) is 2.32. The first-order valence-electron chi connectivity index (χ1n) is 12.2. The number of hydrogen-bond acceptors (Lipinski definition) is 6. The minimum atomic E-state index is -0.559. The number of fused-ring (bicyclic) bond motifs is 1. The maximum atomic E-state index is 14.8. The number of anilines is 1. The van der Waals surface area contributed by atoms with Gasteiger partial charge in [-0.05, 0) is 73.4 Å². The Kier molecular flexibility index (Phi) is 5.68. The number of nitrogens with zero attached hydrogens (tertiary/aromatic N) is 6. The highest BCUT2D eigenvalue weighted by molar-refractivity contribution is 6.30. The number of pyridine rings is 1. The van der Waals surface area contributed by atoms with E-state index in [1.165, 1.54) is 28.0 Å². The molecule has 0 spiro atoms. The largest absolute Gasteiger partial charge is 0.348 e. The Labute approximate surface area is 217 Å². The van der Waals surface area contributed by atoms with Crippen LogP contribution in [0.25, 0.3) is 0 Å². The van der Waals surface area contributed by atoms with Crippen LogP contribution in [0.1, 0.15) is 65.3 Å². The van der Waals surface area contributed by atoms with Crippen molar-refractivity contribution in [3.05, 3.63) is 69.9 Å². The van der Waals surface area contributed by atoms with Crippen LogP contribution in [0.3, 0.4) is 0 Å². The van der Waals surface area contributed by atoms with Crippen molar-refractivity contribution in [1.82, 2.24) is 25.3 Å². The van der Waals surface area contributed by atoms with Gasteiger partial charge in [-0.25, -0.2) is 14.1 Å². The highest BCUT2D eigenvalue weighted by Crippen LogP contribution is 2.47. The number of halogens is 2. The fourth-order valence-electron chi connectivity index (χ4n) is 5.28. The third kappa shape index (κ3) is 4.23. The van der Waals surface area contributed by atoms with Crippen LogP contribution in [-0.4, -0.2) is 44.4 Å². The predicted molar refractivity (Wildman–Crippen MR) is 131 cm³/mol. The Hall–Kier alpha value is -3.84. The molecular weight excluding hydrogens is 497 g/mol. The van der Waals surface area contributed by atoms with E-state index in [1.807, 2.05) is 6.07 Å². The summed E-state index contributed by atoms with van der Waals surface area (Å²) in [6, 6.07) is 8.30. The third-order valence-electron chi connectivity index (χ3n) is 7.69. The van der Waals surface area contributed by atoms with E-state index in [4.69, 9.17) is 11.6 Å². The number of amides is 2. The van der Waals surface area contributed by atoms with Crippen molar-refractivity contribution in [2.45, 2.75) is 44.2 Å². The average Bonchev–Trinajstić information content (AvgIpc) is 3.32. The summed E-state index contributed by atoms with van der Waals surface area (Å²) in [5.41, 5.74) is 2.20. The Bertz CT molecular complexity index is 1460. The van der Waals surface area contributed by atoms with E-state index in [-0.39, 0.29) is 41.2 Å². The number of aromatic nitrogens is 4. The second-order valence-electron chi connectivity index (χ2n) is 10.1. The maximum Gasteiger partial charge on any atom is 0.273 e. The lowest BCUT2D eigenvalue weighted by molar-refractivity contribution is -0.118. The summed E-state index contributed by atoms with van der Waals surface area (Å²) < 4.78 is 16.3. The molecule has 0 radical (unpaired) electrons. The summed E-state index contributed by atoms with van der Waals surface area (Å²) in [5, 5.41) is 20.9. The van der Waals surface area contributed by atoms with Gasteiger partial charge in [-0.1, -0.05) is 16.8 Å². The molecular formula is C26H23ClFN7O2. The van der Waals surface area contributed by atoms with Crippen LogP contribution in [0.2, 0.25) is 5.02 Å². The van der Waals surface area contributed by atoms with Crippen molar-refractivity contribution in [3.63, 3.8) is 0 Å². The molecule has 1 saturated heterocycles. The summed E-state index contributed by atoms with van der Waals surface area (Å²) in [6.07, 6.45) is 5.33. The standard InChI is InChI=1S/C26H23ClFN7O2/c1-13(16-7-22(28)24(30-10-16)34-11-17-6-21(17)26(34)37)35-12-23(32-33-35)25(36)31-19-4-15(5-19)20-8-18(27)3-2-14(20)9-29/h2-3,7-8,10,12-13,15,17,19,21H,4-6,11H2,1H3,(H,31,36)/t13?,15?,17-,19?,21-/m1/s1. The smallest absolute Gasteiger partial charge is 0.273 e. The first-order chi connectivity index (χ1) is 17.8. The second kappa shape index (κ2) is 8.92. The van der Waals surface area contributed by atoms with Crippen LogP contribution in [-0.2, 0) is 4.79 Å². The zero-order chi connectivity index (χ0) is 25.8. The highest BCUT2D eigenvalue weighted by Gasteiger charge is 2.53. The normalized spacial score (nSPS) is 24.7. The average molecular weight is 520 g/mol. The fourth-order valence-corrected chi connectivity index (χ4v) is 5.47. The molecule has 3 heterocycles. The van der Waals surface area contributed by atoms with E-state index in [0.717, 1.165) is 12.0 Å². The number of carbonyl (C=O) groups is 2. The van der Waals surface area contributed by atoms with Gasteiger partial charge >= 0.3 is 0 Å². The molecule has 37 heavy (non-hydrogen) atoms. The molecule has 2 amide bonds. The van der Waals surface area contributed by atoms with Crippen LogP contribution in [0, 0.1) is 29.0 Å². The molecule has 2 aromatic heterocycles. The number of carbonyl (C=O) groups excluding carboxylic acids is 2. The minimum Gasteiger partial charge on any atom is -0.348 e. The van der Waals surface area contributed by atoms with Crippen molar-refractivity contribution < 1.29 is 14.0 Å². The van der Waals surface area contributed by atoms with Gasteiger partial charge in [-0.15, -0.1) is 5.10 Å². The molecule has 1 aromatic carbocycles. The van der Waals surface area contributed by atoms with Gasteiger partial charge in [-0.3, -0.25) is 14.5 Å². The van der Waals surface area contributed by atoms with Crippen molar-refractivity contribution in [1.29, 1.82) is 5.26 Å². The second-order valence-corrected chi connectivity index (χ2v) is 10.5. The van der Waals surface area contributed by atoms with Gasteiger partial charge in [0.15, 0.2) is 17.3 Å². The number of rotatable bonds is 6. The summed E-state index contributed by atoms with van der Waals surface area (Å²) in [4.78, 5) is 30.7. The molecule has 0 bridgehead atoms. The van der Waals surface area contributed by atoms with Crippen molar-refractivity contribution in [2.75, 3.05) is 11.4 Å². The molecule has 3 atom stereocenters. The Balaban J connectivity index is 1.08. The molecule has 188 valence electrons. The Morgan fingerprint density at radius 2 is 2.11 bits per heavy atom. The van der Waals surface area contributed by atoms with E-state index in [1.54, 1.807) is 19.1 Å². The molecule has 3 aromatic rings.